The first kappa shape index (κ1) is 13.9. The first-order valence-electron chi connectivity index (χ1n) is 6.79. The number of nitrogens with one attached hydrogen (secondary N) is 1. The van der Waals surface area contributed by atoms with Crippen LogP contribution in [0.25, 0.3) is 10.8 Å². The number of nitrogens with two attached hydrogens (primary N) is 1. The maximum Gasteiger partial charge on any atom is 0.0630 e. The molecule has 0 saturated heterocycles. The zero-order valence-corrected chi connectivity index (χ0v) is 13.3. The highest BCUT2D eigenvalue weighted by Gasteiger charge is 2.09. The summed E-state index contributed by atoms with van der Waals surface area (Å²) in [5.41, 5.74) is 9.20. The Balaban J connectivity index is 1.91. The van der Waals surface area contributed by atoms with Gasteiger partial charge in [0.05, 0.1) is 11.4 Å². The molecule has 4 heteroatoms. The summed E-state index contributed by atoms with van der Waals surface area (Å²) >= 11 is 3.45. The van der Waals surface area contributed by atoms with E-state index in [1.807, 2.05) is 36.5 Å². The highest BCUT2D eigenvalue weighted by Crippen LogP contribution is 2.30. The lowest BCUT2D eigenvalue weighted by Crippen LogP contribution is -2.08. The standard InChI is InChI=1S/C17H16BrN3/c1-11(12-2-5-14(18)6-3-12)21-16-7-4-13-10-20-9-8-15(13)17(16)19/h2-11,21H,19H2,1H3. The van der Waals surface area contributed by atoms with Crippen molar-refractivity contribution in [3.63, 3.8) is 0 Å². The number of benzene rings is 2. The van der Waals surface area contributed by atoms with Crippen molar-refractivity contribution >= 4 is 38.1 Å². The molecule has 0 bridgehead atoms. The van der Waals surface area contributed by atoms with Crippen molar-refractivity contribution in [3.8, 4) is 0 Å². The second kappa shape index (κ2) is 5.74. The zero-order valence-electron chi connectivity index (χ0n) is 11.7. The maximum atomic E-state index is 6.27. The molecule has 1 unspecified atom stereocenters. The molecule has 0 aliphatic carbocycles. The Morgan fingerprint density at radius 1 is 1.10 bits per heavy atom. The number of pyridine rings is 1. The van der Waals surface area contributed by atoms with Crippen molar-refractivity contribution in [2.24, 2.45) is 0 Å². The quantitative estimate of drug-likeness (QED) is 0.675. The number of rotatable bonds is 3. The average molecular weight is 342 g/mol. The molecule has 106 valence electrons. The molecule has 0 amide bonds. The summed E-state index contributed by atoms with van der Waals surface area (Å²) < 4.78 is 1.08. The van der Waals surface area contributed by atoms with Crippen molar-refractivity contribution in [1.82, 2.24) is 4.98 Å². The lowest BCUT2D eigenvalue weighted by molar-refractivity contribution is 0.885. The largest absolute Gasteiger partial charge is 0.397 e. The van der Waals surface area contributed by atoms with Gasteiger partial charge in [0.2, 0.25) is 0 Å². The minimum Gasteiger partial charge on any atom is -0.397 e. The molecule has 0 fully saturated rings. The highest BCUT2D eigenvalue weighted by molar-refractivity contribution is 9.10. The van der Waals surface area contributed by atoms with Gasteiger partial charge in [-0.05, 0) is 36.8 Å². The van der Waals surface area contributed by atoms with Crippen molar-refractivity contribution < 1.29 is 0 Å². The highest BCUT2D eigenvalue weighted by atomic mass is 79.9. The fourth-order valence-electron chi connectivity index (χ4n) is 2.39. The molecule has 2 aromatic carbocycles. The molecule has 3 N–H and O–H groups in total. The molecule has 1 heterocycles. The summed E-state index contributed by atoms with van der Waals surface area (Å²) in [4.78, 5) is 4.12. The molecule has 3 rings (SSSR count). The van der Waals surface area contributed by atoms with Crippen LogP contribution in [0.2, 0.25) is 0 Å². The third kappa shape index (κ3) is 2.85. The van der Waals surface area contributed by atoms with Gasteiger partial charge >= 0.3 is 0 Å². The minimum absolute atomic E-state index is 0.180. The third-order valence-electron chi connectivity index (χ3n) is 3.60. The van der Waals surface area contributed by atoms with E-state index < -0.39 is 0 Å². The van der Waals surface area contributed by atoms with Gasteiger partial charge in [0.25, 0.3) is 0 Å². The van der Waals surface area contributed by atoms with E-state index in [9.17, 15) is 0 Å². The van der Waals surface area contributed by atoms with E-state index in [-0.39, 0.29) is 6.04 Å². The zero-order chi connectivity index (χ0) is 14.8. The van der Waals surface area contributed by atoms with Crippen LogP contribution in [-0.4, -0.2) is 4.98 Å². The number of fused-ring (bicyclic) bond motifs is 1. The van der Waals surface area contributed by atoms with Gasteiger partial charge in [-0.2, -0.15) is 0 Å². The SMILES string of the molecule is CC(Nc1ccc2cnccc2c1N)c1ccc(Br)cc1. The lowest BCUT2D eigenvalue weighted by Gasteiger charge is -2.18. The molecule has 1 atom stereocenters. The first-order valence-corrected chi connectivity index (χ1v) is 7.58. The predicted molar refractivity (Wildman–Crippen MR) is 92.3 cm³/mol. The van der Waals surface area contributed by atoms with E-state index in [0.717, 1.165) is 26.6 Å². The van der Waals surface area contributed by atoms with Gasteiger partial charge in [-0.3, -0.25) is 4.98 Å². The van der Waals surface area contributed by atoms with Crippen LogP contribution in [0.5, 0.6) is 0 Å². The predicted octanol–water partition coefficient (Wildman–Crippen LogP) is 4.75. The van der Waals surface area contributed by atoms with E-state index in [1.54, 1.807) is 6.20 Å². The van der Waals surface area contributed by atoms with Crippen LogP contribution in [0.4, 0.5) is 11.4 Å². The van der Waals surface area contributed by atoms with E-state index >= 15 is 0 Å². The molecular weight excluding hydrogens is 326 g/mol. The number of hydrogen-bond donors (Lipinski definition) is 2. The van der Waals surface area contributed by atoms with Crippen LogP contribution in [0.1, 0.15) is 18.5 Å². The lowest BCUT2D eigenvalue weighted by atomic mass is 10.1. The Kier molecular flexibility index (Phi) is 3.80. The molecule has 3 aromatic rings. The summed E-state index contributed by atoms with van der Waals surface area (Å²) in [6.07, 6.45) is 3.59. The molecule has 0 radical (unpaired) electrons. The topological polar surface area (TPSA) is 50.9 Å². The van der Waals surface area contributed by atoms with Crippen LogP contribution in [-0.2, 0) is 0 Å². The van der Waals surface area contributed by atoms with Crippen LogP contribution in [0.15, 0.2) is 59.3 Å². The maximum absolute atomic E-state index is 6.27. The molecular formula is C17H16BrN3. The minimum atomic E-state index is 0.180. The second-order valence-electron chi connectivity index (χ2n) is 5.04. The second-order valence-corrected chi connectivity index (χ2v) is 5.96. The Labute approximate surface area is 132 Å². The molecule has 21 heavy (non-hydrogen) atoms. The van der Waals surface area contributed by atoms with Gasteiger partial charge in [-0.15, -0.1) is 0 Å². The number of halogens is 1. The summed E-state index contributed by atoms with van der Waals surface area (Å²) in [5, 5.41) is 5.56. The average Bonchev–Trinajstić information content (AvgIpc) is 2.51. The summed E-state index contributed by atoms with van der Waals surface area (Å²) in [7, 11) is 0. The van der Waals surface area contributed by atoms with Gasteiger partial charge in [-0.25, -0.2) is 0 Å². The fourth-order valence-corrected chi connectivity index (χ4v) is 2.65. The van der Waals surface area contributed by atoms with E-state index in [0.29, 0.717) is 0 Å². The van der Waals surface area contributed by atoms with Crippen LogP contribution in [0, 0.1) is 0 Å². The Bertz CT molecular complexity index is 769. The summed E-state index contributed by atoms with van der Waals surface area (Å²) in [6.45, 7) is 2.12. The number of anilines is 2. The number of aromatic nitrogens is 1. The molecule has 1 aromatic heterocycles. The third-order valence-corrected chi connectivity index (χ3v) is 4.13. The molecule has 0 aliphatic heterocycles. The molecule has 0 aliphatic rings. The normalized spacial score (nSPS) is 12.3. The van der Waals surface area contributed by atoms with E-state index in [1.165, 1.54) is 5.56 Å². The van der Waals surface area contributed by atoms with Crippen molar-refractivity contribution in [2.45, 2.75) is 13.0 Å². The van der Waals surface area contributed by atoms with Crippen molar-refractivity contribution in [2.75, 3.05) is 11.1 Å². The number of hydrogen-bond acceptors (Lipinski definition) is 3. The van der Waals surface area contributed by atoms with Gasteiger partial charge < -0.3 is 11.1 Å². The molecule has 0 saturated carbocycles. The van der Waals surface area contributed by atoms with E-state index in [4.69, 9.17) is 5.73 Å². The summed E-state index contributed by atoms with van der Waals surface area (Å²) in [6, 6.07) is 14.5. The monoisotopic (exact) mass is 341 g/mol. The van der Waals surface area contributed by atoms with E-state index in [2.05, 4.69) is 45.3 Å². The number of nitrogen functional groups attached to an aromatic ring is 1. The Hall–Kier alpha value is -2.07. The van der Waals surface area contributed by atoms with Gasteiger partial charge in [0.15, 0.2) is 0 Å². The number of nitrogens with zero attached hydrogens (tertiary/aromatic N) is 1. The first-order chi connectivity index (χ1) is 10.1. The van der Waals surface area contributed by atoms with Crippen LogP contribution < -0.4 is 11.1 Å². The van der Waals surface area contributed by atoms with Gasteiger partial charge in [0.1, 0.15) is 0 Å². The fraction of sp³-hybridized carbons (Fsp3) is 0.118. The molecule has 3 nitrogen and oxygen atoms in total. The Morgan fingerprint density at radius 2 is 1.86 bits per heavy atom. The molecule has 0 spiro atoms. The van der Waals surface area contributed by atoms with Gasteiger partial charge in [-0.1, -0.05) is 34.1 Å². The smallest absolute Gasteiger partial charge is 0.0630 e. The summed E-state index contributed by atoms with van der Waals surface area (Å²) in [5.74, 6) is 0. The van der Waals surface area contributed by atoms with Crippen molar-refractivity contribution in [3.05, 3.63) is 64.9 Å². The Morgan fingerprint density at radius 3 is 2.62 bits per heavy atom. The van der Waals surface area contributed by atoms with Gasteiger partial charge in [0, 0.05) is 33.7 Å². The van der Waals surface area contributed by atoms with Crippen LogP contribution >= 0.6 is 15.9 Å². The van der Waals surface area contributed by atoms with Crippen molar-refractivity contribution in [1.29, 1.82) is 0 Å². The van der Waals surface area contributed by atoms with Crippen LogP contribution in [0.3, 0.4) is 0 Å².